The smallest absolute Gasteiger partial charge is 0.336 e. The molecule has 4 N–H and O–H groups in total. The highest BCUT2D eigenvalue weighted by molar-refractivity contribution is 6.01. The molecule has 0 aliphatic carbocycles. The van der Waals surface area contributed by atoms with Crippen molar-refractivity contribution in [3.63, 3.8) is 0 Å². The van der Waals surface area contributed by atoms with Gasteiger partial charge in [0, 0.05) is 0 Å². The lowest BCUT2D eigenvalue weighted by Crippen LogP contribution is -2.04. The van der Waals surface area contributed by atoms with E-state index in [4.69, 9.17) is 0 Å². The number of carbonyl (C=O) groups is 4. The Kier molecular flexibility index (Phi) is 5.33. The first-order chi connectivity index (χ1) is 14.2. The van der Waals surface area contributed by atoms with Crippen LogP contribution in [0.4, 0.5) is 0 Å². The number of rotatable bonds is 6. The van der Waals surface area contributed by atoms with E-state index >= 15 is 0 Å². The van der Waals surface area contributed by atoms with Crippen LogP contribution in [0.3, 0.4) is 0 Å². The molecule has 0 aliphatic heterocycles. The lowest BCUT2D eigenvalue weighted by Gasteiger charge is -2.12. The molecule has 0 heterocycles. The second-order valence-electron chi connectivity index (χ2n) is 6.32. The predicted octanol–water partition coefficient (Wildman–Crippen LogP) is 3.81. The Morgan fingerprint density at radius 3 is 1.23 bits per heavy atom. The fourth-order valence-corrected chi connectivity index (χ4v) is 3.06. The van der Waals surface area contributed by atoms with E-state index in [1.807, 2.05) is 0 Å². The maximum absolute atomic E-state index is 11.6. The molecule has 0 unspecified atom stereocenters. The van der Waals surface area contributed by atoms with Gasteiger partial charge in [-0.2, -0.15) is 0 Å². The SMILES string of the molecule is O=C(O)c1ccc(C(=O)O)c(-c2cccc(-c3cc(C(=O)O)ccc3C(=O)O)c2)c1. The Balaban J connectivity index is 2.24. The quantitative estimate of drug-likeness (QED) is 0.483. The van der Waals surface area contributed by atoms with Gasteiger partial charge in [-0.05, 0) is 64.7 Å². The Morgan fingerprint density at radius 1 is 0.500 bits per heavy atom. The minimum atomic E-state index is -1.26. The van der Waals surface area contributed by atoms with E-state index < -0.39 is 23.9 Å². The number of carboxylic acid groups (broad SMARTS) is 4. The van der Waals surface area contributed by atoms with Gasteiger partial charge in [0.1, 0.15) is 0 Å². The zero-order valence-corrected chi connectivity index (χ0v) is 15.2. The lowest BCUT2D eigenvalue weighted by molar-refractivity contribution is 0.0682. The summed E-state index contributed by atoms with van der Waals surface area (Å²) in [5, 5.41) is 37.4. The molecule has 30 heavy (non-hydrogen) atoms. The standard InChI is InChI=1S/C22H14O8/c23-19(24)13-4-6-15(21(27)28)17(9-13)11-2-1-3-12(8-11)18-10-14(20(25)26)5-7-16(18)22(29)30/h1-10H,(H,23,24)(H,25,26)(H,27,28)(H,29,30). The van der Waals surface area contributed by atoms with Gasteiger partial charge in [-0.1, -0.05) is 18.2 Å². The molecular weight excluding hydrogens is 392 g/mol. The molecule has 8 nitrogen and oxygen atoms in total. The van der Waals surface area contributed by atoms with Crippen molar-refractivity contribution in [1.82, 2.24) is 0 Å². The van der Waals surface area contributed by atoms with E-state index in [0.29, 0.717) is 11.1 Å². The summed E-state index contributed by atoms with van der Waals surface area (Å²) in [6.45, 7) is 0. The van der Waals surface area contributed by atoms with E-state index in [1.165, 1.54) is 42.5 Å². The minimum Gasteiger partial charge on any atom is -0.478 e. The average Bonchev–Trinajstić information content (AvgIpc) is 2.72. The molecule has 150 valence electrons. The Hall–Kier alpha value is -4.46. The highest BCUT2D eigenvalue weighted by Crippen LogP contribution is 2.32. The molecule has 0 aromatic heterocycles. The fraction of sp³-hybridized carbons (Fsp3) is 0. The molecule has 0 fully saturated rings. The van der Waals surface area contributed by atoms with Crippen LogP contribution in [0.1, 0.15) is 41.4 Å². The van der Waals surface area contributed by atoms with Crippen LogP contribution in [0.2, 0.25) is 0 Å². The van der Waals surface area contributed by atoms with Gasteiger partial charge < -0.3 is 20.4 Å². The normalized spacial score (nSPS) is 10.4. The maximum atomic E-state index is 11.6. The largest absolute Gasteiger partial charge is 0.478 e. The van der Waals surface area contributed by atoms with Gasteiger partial charge in [0.2, 0.25) is 0 Å². The molecule has 3 rings (SSSR count). The molecule has 0 saturated heterocycles. The van der Waals surface area contributed by atoms with Crippen LogP contribution >= 0.6 is 0 Å². The van der Waals surface area contributed by atoms with Crippen molar-refractivity contribution in [2.75, 3.05) is 0 Å². The second-order valence-corrected chi connectivity index (χ2v) is 6.32. The zero-order valence-electron chi connectivity index (χ0n) is 15.2. The van der Waals surface area contributed by atoms with Crippen molar-refractivity contribution in [1.29, 1.82) is 0 Å². The van der Waals surface area contributed by atoms with Crippen molar-refractivity contribution < 1.29 is 39.6 Å². The number of hydrogen-bond donors (Lipinski definition) is 4. The van der Waals surface area contributed by atoms with Gasteiger partial charge in [0.15, 0.2) is 0 Å². The first-order valence-corrected chi connectivity index (χ1v) is 8.51. The second kappa shape index (κ2) is 7.88. The Labute approximate surface area is 169 Å². The molecular formula is C22H14O8. The molecule has 0 amide bonds. The minimum absolute atomic E-state index is 0.112. The highest BCUT2D eigenvalue weighted by atomic mass is 16.4. The van der Waals surface area contributed by atoms with Crippen LogP contribution in [-0.4, -0.2) is 44.3 Å². The van der Waals surface area contributed by atoms with Gasteiger partial charge in [0.25, 0.3) is 0 Å². The van der Waals surface area contributed by atoms with Gasteiger partial charge in [-0.3, -0.25) is 0 Å². The molecule has 0 saturated carbocycles. The maximum Gasteiger partial charge on any atom is 0.336 e. The Morgan fingerprint density at radius 2 is 0.900 bits per heavy atom. The summed E-state index contributed by atoms with van der Waals surface area (Å²) in [5.74, 6) is -4.98. The van der Waals surface area contributed by atoms with Gasteiger partial charge in [0.05, 0.1) is 22.3 Å². The number of benzene rings is 3. The van der Waals surface area contributed by atoms with Crippen molar-refractivity contribution in [3.8, 4) is 22.3 Å². The molecule has 0 aliphatic rings. The highest BCUT2D eigenvalue weighted by Gasteiger charge is 2.18. The van der Waals surface area contributed by atoms with Gasteiger partial charge >= 0.3 is 23.9 Å². The van der Waals surface area contributed by atoms with E-state index in [2.05, 4.69) is 0 Å². The summed E-state index contributed by atoms with van der Waals surface area (Å²) >= 11 is 0. The van der Waals surface area contributed by atoms with Crippen molar-refractivity contribution in [2.24, 2.45) is 0 Å². The number of aromatic carboxylic acids is 4. The monoisotopic (exact) mass is 406 g/mol. The number of hydrogen-bond acceptors (Lipinski definition) is 4. The third kappa shape index (κ3) is 3.88. The first-order valence-electron chi connectivity index (χ1n) is 8.51. The van der Waals surface area contributed by atoms with Crippen LogP contribution in [0.25, 0.3) is 22.3 Å². The molecule has 0 radical (unpaired) electrons. The lowest BCUT2D eigenvalue weighted by atomic mass is 9.92. The summed E-state index contributed by atoms with van der Waals surface area (Å²) in [5.41, 5.74) is 0.463. The van der Waals surface area contributed by atoms with E-state index in [0.717, 1.165) is 0 Å². The van der Waals surface area contributed by atoms with Crippen LogP contribution < -0.4 is 0 Å². The molecule has 3 aromatic rings. The fourth-order valence-electron chi connectivity index (χ4n) is 3.06. The van der Waals surface area contributed by atoms with Crippen molar-refractivity contribution in [2.45, 2.75) is 0 Å². The molecule has 0 bridgehead atoms. The van der Waals surface area contributed by atoms with Gasteiger partial charge in [-0.15, -0.1) is 0 Å². The summed E-state index contributed by atoms with van der Waals surface area (Å²) in [4.78, 5) is 45.8. The van der Waals surface area contributed by atoms with Crippen molar-refractivity contribution in [3.05, 3.63) is 82.9 Å². The molecule has 3 aromatic carbocycles. The zero-order chi connectivity index (χ0) is 22.0. The summed E-state index contributed by atoms with van der Waals surface area (Å²) in [6.07, 6.45) is 0. The van der Waals surface area contributed by atoms with Crippen LogP contribution in [0, 0.1) is 0 Å². The van der Waals surface area contributed by atoms with E-state index in [1.54, 1.807) is 18.2 Å². The van der Waals surface area contributed by atoms with Gasteiger partial charge in [-0.25, -0.2) is 19.2 Å². The van der Waals surface area contributed by atoms with Crippen molar-refractivity contribution >= 4 is 23.9 Å². The predicted molar refractivity (Wildman–Crippen MR) is 105 cm³/mol. The molecule has 0 atom stereocenters. The van der Waals surface area contributed by atoms with Crippen LogP contribution in [-0.2, 0) is 0 Å². The van der Waals surface area contributed by atoms with Crippen LogP contribution in [0.5, 0.6) is 0 Å². The molecule has 8 heteroatoms. The average molecular weight is 406 g/mol. The van der Waals surface area contributed by atoms with E-state index in [9.17, 15) is 39.6 Å². The van der Waals surface area contributed by atoms with Crippen LogP contribution in [0.15, 0.2) is 60.7 Å². The Bertz CT molecular complexity index is 1120. The third-order valence-electron chi connectivity index (χ3n) is 4.48. The third-order valence-corrected chi connectivity index (χ3v) is 4.48. The topological polar surface area (TPSA) is 149 Å². The summed E-state index contributed by atoms with van der Waals surface area (Å²) in [6, 6.07) is 13.3. The number of carboxylic acids is 4. The summed E-state index contributed by atoms with van der Waals surface area (Å²) < 4.78 is 0. The van der Waals surface area contributed by atoms with E-state index in [-0.39, 0.29) is 33.4 Å². The summed E-state index contributed by atoms with van der Waals surface area (Å²) in [7, 11) is 0. The molecule has 0 spiro atoms. The first kappa shape index (κ1) is 20.3.